The molecule has 0 aliphatic heterocycles. The molecule has 1 rings (SSSR count). The molecule has 0 radical (unpaired) electrons. The van der Waals surface area contributed by atoms with E-state index in [0.29, 0.717) is 6.07 Å². The summed E-state index contributed by atoms with van der Waals surface area (Å²) < 4.78 is 95.0. The molecule has 0 fully saturated rings. The average molecular weight is 333 g/mol. The fourth-order valence-electron chi connectivity index (χ4n) is 1.72. The molecule has 0 aromatic heterocycles. The standard InChI is InChI=1S/C12H10F7NO2/c1-6(21)20-7-3-4-9(22-2)8(5-7)10(13,11(14,15)16)12(17,18)19/h3-5H,1-2H3,(H,20,21). The molecule has 0 aliphatic carbocycles. The van der Waals surface area contributed by atoms with Crippen LogP contribution in [-0.4, -0.2) is 25.4 Å². The number of amides is 1. The second kappa shape index (κ2) is 5.65. The van der Waals surface area contributed by atoms with Crippen molar-refractivity contribution in [2.45, 2.75) is 24.9 Å². The van der Waals surface area contributed by atoms with Gasteiger partial charge in [-0.05, 0) is 18.2 Å². The van der Waals surface area contributed by atoms with Crippen LogP contribution < -0.4 is 10.1 Å². The third kappa shape index (κ3) is 3.09. The number of halogens is 7. The van der Waals surface area contributed by atoms with Crippen molar-refractivity contribution in [2.75, 3.05) is 12.4 Å². The molecule has 1 amide bonds. The first-order valence-electron chi connectivity index (χ1n) is 5.63. The smallest absolute Gasteiger partial charge is 0.436 e. The number of benzene rings is 1. The monoisotopic (exact) mass is 333 g/mol. The molecule has 10 heteroatoms. The van der Waals surface area contributed by atoms with Crippen molar-refractivity contribution in [1.82, 2.24) is 0 Å². The number of hydrogen-bond acceptors (Lipinski definition) is 2. The molecular formula is C12H10F7NO2. The quantitative estimate of drug-likeness (QED) is 0.851. The van der Waals surface area contributed by atoms with Crippen LogP contribution in [0.15, 0.2) is 18.2 Å². The summed E-state index contributed by atoms with van der Waals surface area (Å²) in [5.41, 5.74) is -7.86. The van der Waals surface area contributed by atoms with Crippen molar-refractivity contribution in [3.8, 4) is 5.75 Å². The average Bonchev–Trinajstić information content (AvgIpc) is 2.34. The van der Waals surface area contributed by atoms with Gasteiger partial charge in [0.05, 0.1) is 12.7 Å². The third-order valence-electron chi connectivity index (χ3n) is 2.67. The lowest BCUT2D eigenvalue weighted by molar-refractivity contribution is -0.349. The van der Waals surface area contributed by atoms with Gasteiger partial charge >= 0.3 is 18.0 Å². The Morgan fingerprint density at radius 1 is 1.05 bits per heavy atom. The van der Waals surface area contributed by atoms with Crippen molar-refractivity contribution in [2.24, 2.45) is 0 Å². The number of carbonyl (C=O) groups excluding carboxylic acids is 1. The highest BCUT2D eigenvalue weighted by molar-refractivity contribution is 5.88. The molecule has 0 bridgehead atoms. The van der Waals surface area contributed by atoms with Gasteiger partial charge in [0.25, 0.3) is 0 Å². The maximum atomic E-state index is 14.1. The lowest BCUT2D eigenvalue weighted by Gasteiger charge is -2.31. The summed E-state index contributed by atoms with van der Waals surface area (Å²) in [5.74, 6) is -1.70. The summed E-state index contributed by atoms with van der Waals surface area (Å²) in [6, 6.07) is 1.92. The summed E-state index contributed by atoms with van der Waals surface area (Å²) in [4.78, 5) is 10.8. The number of methoxy groups -OCH3 is 1. The van der Waals surface area contributed by atoms with Crippen LogP contribution in [0.25, 0.3) is 0 Å². The Bertz CT molecular complexity index is 552. The van der Waals surface area contributed by atoms with Gasteiger partial charge in [0, 0.05) is 12.6 Å². The molecule has 124 valence electrons. The van der Waals surface area contributed by atoms with Crippen LogP contribution in [0.2, 0.25) is 0 Å². The van der Waals surface area contributed by atoms with Crippen molar-refractivity contribution < 1.29 is 40.3 Å². The molecule has 3 nitrogen and oxygen atoms in total. The molecule has 0 atom stereocenters. The van der Waals surface area contributed by atoms with Crippen LogP contribution in [0, 0.1) is 0 Å². The number of ether oxygens (including phenoxy) is 1. The van der Waals surface area contributed by atoms with Gasteiger partial charge in [-0.2, -0.15) is 26.3 Å². The predicted molar refractivity (Wildman–Crippen MR) is 62.2 cm³/mol. The van der Waals surface area contributed by atoms with E-state index in [9.17, 15) is 35.5 Å². The maximum absolute atomic E-state index is 14.1. The second-order valence-corrected chi connectivity index (χ2v) is 4.25. The zero-order valence-corrected chi connectivity index (χ0v) is 11.2. The predicted octanol–water partition coefficient (Wildman–Crippen LogP) is 3.94. The molecule has 0 saturated carbocycles. The Balaban J connectivity index is 3.63. The van der Waals surface area contributed by atoms with E-state index < -0.39 is 40.9 Å². The summed E-state index contributed by atoms with van der Waals surface area (Å²) >= 11 is 0. The lowest BCUT2D eigenvalue weighted by Crippen LogP contribution is -2.50. The summed E-state index contributed by atoms with van der Waals surface area (Å²) in [6.07, 6.45) is -12.5. The molecule has 0 unspecified atom stereocenters. The van der Waals surface area contributed by atoms with E-state index >= 15 is 0 Å². The van der Waals surface area contributed by atoms with E-state index in [1.54, 1.807) is 0 Å². The Hall–Kier alpha value is -2.00. The molecule has 0 heterocycles. The van der Waals surface area contributed by atoms with Gasteiger partial charge < -0.3 is 10.1 Å². The van der Waals surface area contributed by atoms with Crippen LogP contribution in [0.5, 0.6) is 5.75 Å². The number of carbonyl (C=O) groups is 1. The van der Waals surface area contributed by atoms with E-state index in [0.717, 1.165) is 20.1 Å². The zero-order valence-electron chi connectivity index (χ0n) is 11.2. The summed E-state index contributed by atoms with van der Waals surface area (Å²) in [7, 11) is 0.796. The fraction of sp³-hybridized carbons (Fsp3) is 0.417. The van der Waals surface area contributed by atoms with Crippen molar-refractivity contribution >= 4 is 11.6 Å². The molecule has 0 saturated heterocycles. The van der Waals surface area contributed by atoms with Gasteiger partial charge in [-0.25, -0.2) is 4.39 Å². The number of hydrogen-bond donors (Lipinski definition) is 1. The SMILES string of the molecule is COc1ccc(NC(C)=O)cc1C(F)(C(F)(F)F)C(F)(F)F. The highest BCUT2D eigenvalue weighted by Crippen LogP contribution is 2.55. The summed E-state index contributed by atoms with van der Waals surface area (Å²) in [6.45, 7) is 0.986. The normalized spacial score (nSPS) is 13.0. The van der Waals surface area contributed by atoms with Gasteiger partial charge in [-0.3, -0.25) is 4.79 Å². The minimum atomic E-state index is -6.27. The topological polar surface area (TPSA) is 38.3 Å². The summed E-state index contributed by atoms with van der Waals surface area (Å²) in [5, 5.41) is 1.98. The Labute approximate surface area is 120 Å². The largest absolute Gasteiger partial charge is 0.496 e. The Morgan fingerprint density at radius 2 is 1.55 bits per heavy atom. The van der Waals surface area contributed by atoms with E-state index in [2.05, 4.69) is 4.74 Å². The molecular weight excluding hydrogens is 323 g/mol. The molecule has 22 heavy (non-hydrogen) atoms. The van der Waals surface area contributed by atoms with Crippen LogP contribution in [0.3, 0.4) is 0 Å². The number of nitrogens with one attached hydrogen (secondary N) is 1. The number of alkyl halides is 7. The molecule has 1 N–H and O–H groups in total. The van der Waals surface area contributed by atoms with Gasteiger partial charge in [0.2, 0.25) is 5.91 Å². The highest BCUT2D eigenvalue weighted by Gasteiger charge is 2.74. The van der Waals surface area contributed by atoms with Gasteiger partial charge in [0.15, 0.2) is 0 Å². The van der Waals surface area contributed by atoms with Gasteiger partial charge in [0.1, 0.15) is 5.75 Å². The van der Waals surface area contributed by atoms with Crippen LogP contribution in [-0.2, 0) is 10.5 Å². The molecule has 0 spiro atoms. The molecule has 0 aliphatic rings. The van der Waals surface area contributed by atoms with E-state index in [-0.39, 0.29) is 6.07 Å². The molecule has 1 aromatic carbocycles. The highest BCUT2D eigenvalue weighted by atomic mass is 19.4. The van der Waals surface area contributed by atoms with Crippen molar-refractivity contribution in [3.63, 3.8) is 0 Å². The van der Waals surface area contributed by atoms with Crippen LogP contribution in [0.1, 0.15) is 12.5 Å². The Morgan fingerprint density at radius 3 is 1.91 bits per heavy atom. The van der Waals surface area contributed by atoms with Gasteiger partial charge in [-0.15, -0.1) is 0 Å². The first-order chi connectivity index (χ1) is 9.84. The number of anilines is 1. The zero-order chi connectivity index (χ0) is 17.3. The van der Waals surface area contributed by atoms with Crippen LogP contribution >= 0.6 is 0 Å². The maximum Gasteiger partial charge on any atom is 0.436 e. The second-order valence-electron chi connectivity index (χ2n) is 4.25. The Kier molecular flexibility index (Phi) is 4.64. The number of rotatable bonds is 3. The van der Waals surface area contributed by atoms with E-state index in [1.807, 2.05) is 5.32 Å². The lowest BCUT2D eigenvalue weighted by atomic mass is 9.92. The van der Waals surface area contributed by atoms with Crippen molar-refractivity contribution in [3.05, 3.63) is 23.8 Å². The minimum Gasteiger partial charge on any atom is -0.496 e. The first-order valence-corrected chi connectivity index (χ1v) is 5.63. The van der Waals surface area contributed by atoms with Gasteiger partial charge in [-0.1, -0.05) is 0 Å². The van der Waals surface area contributed by atoms with Crippen LogP contribution in [0.4, 0.5) is 36.4 Å². The minimum absolute atomic E-state index is 0.237. The van der Waals surface area contributed by atoms with E-state index in [4.69, 9.17) is 0 Å². The molecule has 1 aromatic rings. The van der Waals surface area contributed by atoms with E-state index in [1.165, 1.54) is 0 Å². The fourth-order valence-corrected chi connectivity index (χ4v) is 1.72. The first kappa shape index (κ1) is 18.1. The third-order valence-corrected chi connectivity index (χ3v) is 2.67. The van der Waals surface area contributed by atoms with Crippen molar-refractivity contribution in [1.29, 1.82) is 0 Å².